The zero-order valence-corrected chi connectivity index (χ0v) is 8.05. The number of aryl methyl sites for hydroxylation is 1. The van der Waals surface area contributed by atoms with Crippen LogP contribution in [0.2, 0.25) is 0 Å². The molecular weight excluding hydrogens is 166 g/mol. The van der Waals surface area contributed by atoms with Crippen LogP contribution in [0.1, 0.15) is 24.9 Å². The van der Waals surface area contributed by atoms with Crippen LogP contribution in [0.25, 0.3) is 0 Å². The Balaban J connectivity index is 2.90. The van der Waals surface area contributed by atoms with Crippen LogP contribution in [0.3, 0.4) is 0 Å². The van der Waals surface area contributed by atoms with Gasteiger partial charge in [0.1, 0.15) is 5.82 Å². The number of aromatic nitrogens is 2. The molecule has 4 heteroatoms. The van der Waals surface area contributed by atoms with Crippen LogP contribution in [0.5, 0.6) is 0 Å². The van der Waals surface area contributed by atoms with Crippen molar-refractivity contribution in [3.63, 3.8) is 0 Å². The molecule has 72 valence electrons. The predicted molar refractivity (Wildman–Crippen MR) is 51.6 cm³/mol. The fourth-order valence-electron chi connectivity index (χ4n) is 1.19. The van der Waals surface area contributed by atoms with Crippen molar-refractivity contribution in [2.75, 3.05) is 7.05 Å². The lowest BCUT2D eigenvalue weighted by atomic mass is 10.3. The van der Waals surface area contributed by atoms with E-state index < -0.39 is 0 Å². The standard InChI is InChI=1S/C9H15N3O/c1-3-4-8-11-7(6-10-2)5-9(13)12-8/h5,10H,3-4,6H2,1-2H3,(H,11,12,13). The Kier molecular flexibility index (Phi) is 3.64. The summed E-state index contributed by atoms with van der Waals surface area (Å²) in [5.74, 6) is 0.778. The van der Waals surface area contributed by atoms with Crippen molar-refractivity contribution in [2.24, 2.45) is 0 Å². The zero-order valence-electron chi connectivity index (χ0n) is 8.05. The van der Waals surface area contributed by atoms with Gasteiger partial charge in [-0.05, 0) is 13.5 Å². The lowest BCUT2D eigenvalue weighted by molar-refractivity contribution is 0.748. The summed E-state index contributed by atoms with van der Waals surface area (Å²) in [5, 5.41) is 2.97. The molecule has 0 aliphatic rings. The number of nitrogens with one attached hydrogen (secondary N) is 2. The fourth-order valence-corrected chi connectivity index (χ4v) is 1.19. The van der Waals surface area contributed by atoms with E-state index in [0.717, 1.165) is 24.4 Å². The molecule has 1 aromatic rings. The van der Waals surface area contributed by atoms with Gasteiger partial charge in [-0.3, -0.25) is 4.79 Å². The number of hydrogen-bond acceptors (Lipinski definition) is 3. The Hall–Kier alpha value is -1.16. The highest BCUT2D eigenvalue weighted by molar-refractivity contribution is 5.02. The Morgan fingerprint density at radius 2 is 2.38 bits per heavy atom. The molecule has 0 saturated heterocycles. The third kappa shape index (κ3) is 2.99. The lowest BCUT2D eigenvalue weighted by Crippen LogP contribution is -2.16. The topological polar surface area (TPSA) is 57.8 Å². The largest absolute Gasteiger partial charge is 0.314 e. The van der Waals surface area contributed by atoms with Crippen molar-refractivity contribution in [2.45, 2.75) is 26.3 Å². The molecule has 0 saturated carbocycles. The number of H-pyrrole nitrogens is 1. The van der Waals surface area contributed by atoms with Crippen LogP contribution in [0.4, 0.5) is 0 Å². The van der Waals surface area contributed by atoms with Gasteiger partial charge in [0.05, 0.1) is 5.69 Å². The summed E-state index contributed by atoms with van der Waals surface area (Å²) in [6.45, 7) is 2.70. The van der Waals surface area contributed by atoms with Gasteiger partial charge in [0, 0.05) is 19.0 Å². The fraction of sp³-hybridized carbons (Fsp3) is 0.556. The van der Waals surface area contributed by atoms with Crippen LogP contribution in [-0.2, 0) is 13.0 Å². The van der Waals surface area contributed by atoms with Crippen molar-refractivity contribution < 1.29 is 0 Å². The predicted octanol–water partition coefficient (Wildman–Crippen LogP) is 0.442. The summed E-state index contributed by atoms with van der Waals surface area (Å²) >= 11 is 0. The minimum atomic E-state index is -0.0660. The van der Waals surface area contributed by atoms with Crippen molar-refractivity contribution in [1.82, 2.24) is 15.3 Å². The molecule has 1 rings (SSSR count). The second-order valence-electron chi connectivity index (χ2n) is 2.96. The van der Waals surface area contributed by atoms with E-state index in [0.29, 0.717) is 6.54 Å². The molecule has 0 bridgehead atoms. The van der Waals surface area contributed by atoms with E-state index in [-0.39, 0.29) is 5.56 Å². The third-order valence-corrected chi connectivity index (χ3v) is 1.69. The van der Waals surface area contributed by atoms with Gasteiger partial charge < -0.3 is 10.3 Å². The van der Waals surface area contributed by atoms with Gasteiger partial charge in [-0.15, -0.1) is 0 Å². The Morgan fingerprint density at radius 1 is 1.62 bits per heavy atom. The maximum Gasteiger partial charge on any atom is 0.251 e. The van der Waals surface area contributed by atoms with Gasteiger partial charge in [-0.25, -0.2) is 4.98 Å². The van der Waals surface area contributed by atoms with Crippen LogP contribution in [-0.4, -0.2) is 17.0 Å². The molecule has 0 atom stereocenters. The highest BCUT2D eigenvalue weighted by Gasteiger charge is 1.98. The summed E-state index contributed by atoms with van der Waals surface area (Å²) in [7, 11) is 1.84. The first-order valence-corrected chi connectivity index (χ1v) is 4.50. The van der Waals surface area contributed by atoms with Crippen molar-refractivity contribution in [3.05, 3.63) is 27.9 Å². The highest BCUT2D eigenvalue weighted by atomic mass is 16.1. The van der Waals surface area contributed by atoms with Gasteiger partial charge in [0.25, 0.3) is 5.56 Å². The molecular formula is C9H15N3O. The molecule has 0 spiro atoms. The second-order valence-corrected chi connectivity index (χ2v) is 2.96. The van der Waals surface area contributed by atoms with Crippen LogP contribution >= 0.6 is 0 Å². The number of hydrogen-bond donors (Lipinski definition) is 2. The molecule has 13 heavy (non-hydrogen) atoms. The summed E-state index contributed by atoms with van der Waals surface area (Å²) in [5.41, 5.74) is 0.735. The van der Waals surface area contributed by atoms with E-state index >= 15 is 0 Å². The first-order chi connectivity index (χ1) is 6.26. The molecule has 0 aromatic carbocycles. The Morgan fingerprint density at radius 3 is 3.00 bits per heavy atom. The molecule has 0 aliphatic carbocycles. The summed E-state index contributed by atoms with van der Waals surface area (Å²) in [6.07, 6.45) is 1.82. The van der Waals surface area contributed by atoms with Crippen LogP contribution < -0.4 is 10.9 Å². The van der Waals surface area contributed by atoms with Gasteiger partial charge in [-0.2, -0.15) is 0 Å². The smallest absolute Gasteiger partial charge is 0.251 e. The highest BCUT2D eigenvalue weighted by Crippen LogP contribution is 1.94. The average molecular weight is 181 g/mol. The molecule has 2 N–H and O–H groups in total. The Labute approximate surface area is 77.4 Å². The van der Waals surface area contributed by atoms with Crippen molar-refractivity contribution >= 4 is 0 Å². The lowest BCUT2D eigenvalue weighted by Gasteiger charge is -2.01. The third-order valence-electron chi connectivity index (χ3n) is 1.69. The summed E-state index contributed by atoms with van der Waals surface area (Å²) < 4.78 is 0. The normalized spacial score (nSPS) is 10.3. The number of aromatic amines is 1. The second kappa shape index (κ2) is 4.77. The molecule has 0 radical (unpaired) electrons. The van der Waals surface area contributed by atoms with Gasteiger partial charge in [-0.1, -0.05) is 6.92 Å². The van der Waals surface area contributed by atoms with E-state index in [1.54, 1.807) is 0 Å². The van der Waals surface area contributed by atoms with Crippen molar-refractivity contribution in [3.8, 4) is 0 Å². The minimum absolute atomic E-state index is 0.0660. The van der Waals surface area contributed by atoms with Gasteiger partial charge in [0.2, 0.25) is 0 Å². The molecule has 0 unspecified atom stereocenters. The summed E-state index contributed by atoms with van der Waals surface area (Å²) in [6, 6.07) is 1.52. The van der Waals surface area contributed by atoms with E-state index in [4.69, 9.17) is 0 Å². The quantitative estimate of drug-likeness (QED) is 0.708. The monoisotopic (exact) mass is 181 g/mol. The Bertz CT molecular complexity index is 292. The van der Waals surface area contributed by atoms with Crippen LogP contribution in [0.15, 0.2) is 10.9 Å². The van der Waals surface area contributed by atoms with E-state index in [1.807, 2.05) is 7.05 Å². The van der Waals surface area contributed by atoms with E-state index in [1.165, 1.54) is 6.07 Å². The van der Waals surface area contributed by atoms with Gasteiger partial charge >= 0.3 is 0 Å². The molecule has 1 heterocycles. The average Bonchev–Trinajstić information content (AvgIpc) is 2.04. The first-order valence-electron chi connectivity index (χ1n) is 4.50. The SMILES string of the molecule is CCCc1nc(CNC)cc(=O)[nH]1. The molecule has 1 aromatic heterocycles. The first kappa shape index (κ1) is 9.92. The number of rotatable bonds is 4. The summed E-state index contributed by atoms with van der Waals surface area (Å²) in [4.78, 5) is 18.1. The molecule has 0 amide bonds. The number of nitrogens with zero attached hydrogens (tertiary/aromatic N) is 1. The van der Waals surface area contributed by atoms with Gasteiger partial charge in [0.15, 0.2) is 0 Å². The zero-order chi connectivity index (χ0) is 9.68. The maximum absolute atomic E-state index is 11.1. The maximum atomic E-state index is 11.1. The van der Waals surface area contributed by atoms with Crippen LogP contribution in [0, 0.1) is 0 Å². The van der Waals surface area contributed by atoms with E-state index in [9.17, 15) is 4.79 Å². The van der Waals surface area contributed by atoms with E-state index in [2.05, 4.69) is 22.2 Å². The molecule has 4 nitrogen and oxygen atoms in total. The van der Waals surface area contributed by atoms with Crippen molar-refractivity contribution in [1.29, 1.82) is 0 Å². The molecule has 0 fully saturated rings. The molecule has 0 aliphatic heterocycles. The minimum Gasteiger partial charge on any atom is -0.314 e.